The van der Waals surface area contributed by atoms with Gasteiger partial charge in [-0.1, -0.05) is 52.7 Å². The average molecular weight is 481 g/mol. The van der Waals surface area contributed by atoms with Gasteiger partial charge in [-0.25, -0.2) is 0 Å². The smallest absolute Gasteiger partial charge is 0.227 e. The summed E-state index contributed by atoms with van der Waals surface area (Å²) in [4.78, 5) is 26.6. The van der Waals surface area contributed by atoms with Crippen LogP contribution in [0.3, 0.4) is 0 Å². The SMILES string of the molecule is CC.CCCCCC=O.CNc1ccc(C=Nc2cc(NC(=O)C3CCC(C)C3)ccc2N)cc1. The number of nitrogens with zero attached hydrogens (tertiary/aromatic N) is 1. The third-order valence-corrected chi connectivity index (χ3v) is 5.84. The molecule has 4 N–H and O–H groups in total. The first-order chi connectivity index (χ1) is 17.0. The van der Waals surface area contributed by atoms with E-state index in [1.54, 1.807) is 12.3 Å². The molecule has 0 spiro atoms. The van der Waals surface area contributed by atoms with E-state index in [2.05, 4.69) is 29.5 Å². The van der Waals surface area contributed by atoms with Crippen molar-refractivity contribution in [1.82, 2.24) is 0 Å². The van der Waals surface area contributed by atoms with E-state index < -0.39 is 0 Å². The van der Waals surface area contributed by atoms with Crippen LogP contribution < -0.4 is 16.4 Å². The Morgan fingerprint density at radius 2 is 1.77 bits per heavy atom. The second-order valence-corrected chi connectivity index (χ2v) is 8.67. The molecular weight excluding hydrogens is 436 g/mol. The Morgan fingerprint density at radius 1 is 1.09 bits per heavy atom. The van der Waals surface area contributed by atoms with Crippen LogP contribution in [0.25, 0.3) is 0 Å². The number of nitrogens with one attached hydrogen (secondary N) is 2. The predicted molar refractivity (Wildman–Crippen MR) is 151 cm³/mol. The van der Waals surface area contributed by atoms with Crippen molar-refractivity contribution in [2.75, 3.05) is 23.4 Å². The van der Waals surface area contributed by atoms with Crippen LogP contribution in [0.1, 0.15) is 78.2 Å². The summed E-state index contributed by atoms with van der Waals surface area (Å²) in [7, 11) is 1.88. The van der Waals surface area contributed by atoms with Gasteiger partial charge in [0, 0.05) is 37.0 Å². The Balaban J connectivity index is 0.000000587. The van der Waals surface area contributed by atoms with E-state index in [0.29, 0.717) is 17.3 Å². The number of amides is 1. The number of unbranched alkanes of at least 4 members (excludes halogenated alkanes) is 3. The van der Waals surface area contributed by atoms with Crippen molar-refractivity contribution in [2.24, 2.45) is 16.8 Å². The second kappa shape index (κ2) is 17.3. The van der Waals surface area contributed by atoms with E-state index in [0.717, 1.165) is 55.3 Å². The van der Waals surface area contributed by atoms with Crippen LogP contribution in [0.4, 0.5) is 22.7 Å². The quantitative estimate of drug-likeness (QED) is 0.153. The van der Waals surface area contributed by atoms with E-state index in [-0.39, 0.29) is 11.8 Å². The molecule has 2 aromatic carbocycles. The number of nitrogen functional groups attached to an aromatic ring is 1. The lowest BCUT2D eigenvalue weighted by atomic mass is 10.1. The molecule has 192 valence electrons. The maximum absolute atomic E-state index is 12.4. The first-order valence-electron chi connectivity index (χ1n) is 12.9. The van der Waals surface area contributed by atoms with Gasteiger partial charge in [-0.15, -0.1) is 0 Å². The van der Waals surface area contributed by atoms with Crippen molar-refractivity contribution >= 4 is 41.2 Å². The van der Waals surface area contributed by atoms with Gasteiger partial charge in [0.1, 0.15) is 6.29 Å². The van der Waals surface area contributed by atoms with Gasteiger partial charge in [0.15, 0.2) is 0 Å². The normalized spacial score (nSPS) is 16.5. The highest BCUT2D eigenvalue weighted by molar-refractivity contribution is 5.94. The molecule has 1 aliphatic rings. The number of carbonyl (C=O) groups is 2. The second-order valence-electron chi connectivity index (χ2n) is 8.67. The van der Waals surface area contributed by atoms with Crippen molar-refractivity contribution in [2.45, 2.75) is 72.6 Å². The molecule has 0 heterocycles. The topological polar surface area (TPSA) is 96.6 Å². The van der Waals surface area contributed by atoms with E-state index in [1.807, 2.05) is 57.3 Å². The molecule has 1 fully saturated rings. The zero-order valence-corrected chi connectivity index (χ0v) is 22.1. The fourth-order valence-corrected chi connectivity index (χ4v) is 3.78. The maximum Gasteiger partial charge on any atom is 0.227 e. The molecule has 2 aromatic rings. The molecule has 6 heteroatoms. The van der Waals surface area contributed by atoms with E-state index >= 15 is 0 Å². The maximum atomic E-state index is 12.4. The van der Waals surface area contributed by atoms with Crippen molar-refractivity contribution in [3.05, 3.63) is 48.0 Å². The van der Waals surface area contributed by atoms with Gasteiger partial charge in [-0.3, -0.25) is 9.79 Å². The molecule has 0 bridgehead atoms. The highest BCUT2D eigenvalue weighted by Gasteiger charge is 2.27. The number of carbonyl (C=O) groups excluding carboxylic acids is 2. The van der Waals surface area contributed by atoms with Gasteiger partial charge in [-0.2, -0.15) is 0 Å². The van der Waals surface area contributed by atoms with Crippen LogP contribution in [0.5, 0.6) is 0 Å². The zero-order valence-electron chi connectivity index (χ0n) is 22.1. The third-order valence-electron chi connectivity index (χ3n) is 5.84. The number of hydrogen-bond donors (Lipinski definition) is 3. The van der Waals surface area contributed by atoms with E-state index in [1.165, 1.54) is 12.8 Å². The molecule has 0 aromatic heterocycles. The summed E-state index contributed by atoms with van der Waals surface area (Å²) >= 11 is 0. The molecule has 1 amide bonds. The molecule has 6 nitrogen and oxygen atoms in total. The van der Waals surface area contributed by atoms with E-state index in [9.17, 15) is 9.59 Å². The molecule has 35 heavy (non-hydrogen) atoms. The number of aldehydes is 1. The van der Waals surface area contributed by atoms with Gasteiger partial charge in [0.05, 0.1) is 11.4 Å². The Bertz CT molecular complexity index is 909. The Hall–Kier alpha value is -3.15. The predicted octanol–water partition coefficient (Wildman–Crippen LogP) is 7.23. The molecule has 0 saturated heterocycles. The molecule has 3 rings (SSSR count). The summed E-state index contributed by atoms with van der Waals surface area (Å²) < 4.78 is 0. The first-order valence-corrected chi connectivity index (χ1v) is 12.9. The van der Waals surface area contributed by atoms with Gasteiger partial charge in [-0.05, 0) is 67.5 Å². The van der Waals surface area contributed by atoms with Gasteiger partial charge in [0.25, 0.3) is 0 Å². The number of nitrogens with two attached hydrogens (primary N) is 1. The van der Waals surface area contributed by atoms with E-state index in [4.69, 9.17) is 5.73 Å². The Labute approximate surface area is 211 Å². The molecule has 2 unspecified atom stereocenters. The summed E-state index contributed by atoms with van der Waals surface area (Å²) in [6.45, 7) is 8.33. The lowest BCUT2D eigenvalue weighted by molar-refractivity contribution is -0.119. The highest BCUT2D eigenvalue weighted by Crippen LogP contribution is 2.32. The number of hydrogen-bond acceptors (Lipinski definition) is 5. The highest BCUT2D eigenvalue weighted by atomic mass is 16.1. The van der Waals surface area contributed by atoms with Crippen molar-refractivity contribution < 1.29 is 9.59 Å². The number of anilines is 3. The standard InChI is InChI=1S/C21H26N4O.C6H12O.C2H6/c1-14-3-6-16(11-14)21(26)25-18-9-10-19(22)20(12-18)24-13-15-4-7-17(23-2)8-5-15;1-2-3-4-5-6-7;1-2/h4-5,7-10,12-14,16,23H,3,6,11,22H2,1-2H3,(H,25,26);6H,2-5H2,1H3;1-2H3. The Morgan fingerprint density at radius 3 is 2.34 bits per heavy atom. The van der Waals surface area contributed by atoms with Crippen LogP contribution in [0.2, 0.25) is 0 Å². The fourth-order valence-electron chi connectivity index (χ4n) is 3.78. The average Bonchev–Trinajstić information content (AvgIpc) is 3.33. The number of benzene rings is 2. The largest absolute Gasteiger partial charge is 0.397 e. The minimum atomic E-state index is 0.0942. The minimum absolute atomic E-state index is 0.0942. The van der Waals surface area contributed by atoms with Crippen LogP contribution >= 0.6 is 0 Å². The van der Waals surface area contributed by atoms with Crippen LogP contribution in [-0.2, 0) is 9.59 Å². The first kappa shape index (κ1) is 29.9. The zero-order chi connectivity index (χ0) is 26.1. The summed E-state index contributed by atoms with van der Waals surface area (Å²) in [5, 5.41) is 6.09. The summed E-state index contributed by atoms with van der Waals surface area (Å²) in [5.41, 5.74) is 10.0. The number of rotatable bonds is 9. The summed E-state index contributed by atoms with van der Waals surface area (Å²) in [5.74, 6) is 0.837. The molecule has 1 aliphatic carbocycles. The van der Waals surface area contributed by atoms with Gasteiger partial charge in [0.2, 0.25) is 5.91 Å². The minimum Gasteiger partial charge on any atom is -0.397 e. The monoisotopic (exact) mass is 480 g/mol. The lowest BCUT2D eigenvalue weighted by Crippen LogP contribution is -2.20. The molecule has 2 atom stereocenters. The van der Waals surface area contributed by atoms with Crippen molar-refractivity contribution in [3.63, 3.8) is 0 Å². The third kappa shape index (κ3) is 11.2. The summed E-state index contributed by atoms with van der Waals surface area (Å²) in [6.07, 6.45) is 10.0. The van der Waals surface area contributed by atoms with Gasteiger partial charge < -0.3 is 21.2 Å². The summed E-state index contributed by atoms with van der Waals surface area (Å²) in [6, 6.07) is 13.4. The Kier molecular flexibility index (Phi) is 14.8. The van der Waals surface area contributed by atoms with Crippen LogP contribution in [0.15, 0.2) is 47.5 Å². The molecule has 0 aliphatic heterocycles. The van der Waals surface area contributed by atoms with Gasteiger partial charge >= 0.3 is 0 Å². The molecule has 0 radical (unpaired) electrons. The molecule has 1 saturated carbocycles. The van der Waals surface area contributed by atoms with Crippen molar-refractivity contribution in [3.8, 4) is 0 Å². The number of aliphatic imine (C=N–C) groups is 1. The van der Waals surface area contributed by atoms with Crippen LogP contribution in [0, 0.1) is 11.8 Å². The lowest BCUT2D eigenvalue weighted by Gasteiger charge is -2.12. The molecular formula is C29H44N4O2. The van der Waals surface area contributed by atoms with Crippen molar-refractivity contribution in [1.29, 1.82) is 0 Å². The van der Waals surface area contributed by atoms with Crippen LogP contribution in [-0.4, -0.2) is 25.5 Å². The fraction of sp³-hybridized carbons (Fsp3) is 0.483.